The Balaban J connectivity index is 1.44. The van der Waals surface area contributed by atoms with E-state index in [-0.39, 0.29) is 11.8 Å². The standard InChI is InChI=1S/C18H27N5O3/c1-15(24)22-6-8-23(9-7-22)16-2-3-17(20-14-16)18(25)19-4-5-21-10-12-26-13-11-21/h2-3,14H,4-13H2,1H3,(H,19,25). The Morgan fingerprint density at radius 3 is 2.46 bits per heavy atom. The number of carbonyl (C=O) groups is 2. The van der Waals surface area contributed by atoms with Gasteiger partial charge in [-0.05, 0) is 12.1 Å². The lowest BCUT2D eigenvalue weighted by Gasteiger charge is -2.35. The first-order valence-electron chi connectivity index (χ1n) is 9.18. The Morgan fingerprint density at radius 2 is 1.85 bits per heavy atom. The highest BCUT2D eigenvalue weighted by molar-refractivity contribution is 5.92. The van der Waals surface area contributed by atoms with Gasteiger partial charge in [0.15, 0.2) is 0 Å². The van der Waals surface area contributed by atoms with E-state index in [0.717, 1.165) is 64.7 Å². The number of morpholine rings is 1. The molecule has 0 bridgehead atoms. The molecule has 0 atom stereocenters. The van der Waals surface area contributed by atoms with Gasteiger partial charge >= 0.3 is 0 Å². The molecular weight excluding hydrogens is 334 g/mol. The smallest absolute Gasteiger partial charge is 0.269 e. The van der Waals surface area contributed by atoms with Crippen LogP contribution in [0.3, 0.4) is 0 Å². The molecule has 142 valence electrons. The Hall–Kier alpha value is -2.19. The first-order valence-corrected chi connectivity index (χ1v) is 9.18. The van der Waals surface area contributed by atoms with E-state index < -0.39 is 0 Å². The Labute approximate surface area is 154 Å². The molecule has 8 nitrogen and oxygen atoms in total. The normalized spacial score (nSPS) is 18.7. The van der Waals surface area contributed by atoms with Gasteiger partial charge in [-0.2, -0.15) is 0 Å². The number of nitrogens with one attached hydrogen (secondary N) is 1. The highest BCUT2D eigenvalue weighted by Crippen LogP contribution is 2.15. The van der Waals surface area contributed by atoms with Gasteiger partial charge in [0.05, 0.1) is 25.1 Å². The number of ether oxygens (including phenoxy) is 1. The van der Waals surface area contributed by atoms with Crippen LogP contribution in [-0.4, -0.2) is 92.2 Å². The van der Waals surface area contributed by atoms with Crippen molar-refractivity contribution in [3.05, 3.63) is 24.0 Å². The van der Waals surface area contributed by atoms with Crippen molar-refractivity contribution < 1.29 is 14.3 Å². The van der Waals surface area contributed by atoms with Crippen LogP contribution in [0.25, 0.3) is 0 Å². The summed E-state index contributed by atoms with van der Waals surface area (Å²) in [7, 11) is 0. The van der Waals surface area contributed by atoms with Gasteiger partial charge in [-0.3, -0.25) is 14.5 Å². The van der Waals surface area contributed by atoms with Crippen LogP contribution in [0.2, 0.25) is 0 Å². The Morgan fingerprint density at radius 1 is 1.12 bits per heavy atom. The summed E-state index contributed by atoms with van der Waals surface area (Å²) in [5.74, 6) is -0.0296. The third-order valence-corrected chi connectivity index (χ3v) is 4.89. The summed E-state index contributed by atoms with van der Waals surface area (Å²) >= 11 is 0. The number of hydrogen-bond acceptors (Lipinski definition) is 6. The van der Waals surface area contributed by atoms with Gasteiger partial charge in [-0.25, -0.2) is 4.98 Å². The van der Waals surface area contributed by atoms with Crippen molar-refractivity contribution in [2.45, 2.75) is 6.92 Å². The molecule has 0 saturated carbocycles. The Kier molecular flexibility index (Phi) is 6.40. The van der Waals surface area contributed by atoms with Gasteiger partial charge in [0.1, 0.15) is 5.69 Å². The van der Waals surface area contributed by atoms with Crippen molar-refractivity contribution in [3.63, 3.8) is 0 Å². The number of rotatable bonds is 5. The molecular formula is C18H27N5O3. The van der Waals surface area contributed by atoms with E-state index in [9.17, 15) is 9.59 Å². The molecule has 0 aromatic carbocycles. The average Bonchev–Trinajstić information content (AvgIpc) is 2.69. The zero-order valence-corrected chi connectivity index (χ0v) is 15.3. The third kappa shape index (κ3) is 4.92. The first-order chi connectivity index (χ1) is 12.6. The number of nitrogens with zero attached hydrogens (tertiary/aromatic N) is 4. The highest BCUT2D eigenvalue weighted by Gasteiger charge is 2.19. The van der Waals surface area contributed by atoms with Crippen LogP contribution in [-0.2, 0) is 9.53 Å². The van der Waals surface area contributed by atoms with Crippen LogP contribution in [0.1, 0.15) is 17.4 Å². The number of amides is 2. The molecule has 3 rings (SSSR count). The molecule has 3 heterocycles. The minimum absolute atomic E-state index is 0.117. The fourth-order valence-corrected chi connectivity index (χ4v) is 3.23. The van der Waals surface area contributed by atoms with Crippen molar-refractivity contribution in [3.8, 4) is 0 Å². The van der Waals surface area contributed by atoms with E-state index in [4.69, 9.17) is 4.74 Å². The van der Waals surface area contributed by atoms with Gasteiger partial charge in [0.25, 0.3) is 5.91 Å². The van der Waals surface area contributed by atoms with E-state index in [0.29, 0.717) is 12.2 Å². The van der Waals surface area contributed by atoms with E-state index >= 15 is 0 Å². The zero-order valence-electron chi connectivity index (χ0n) is 15.3. The number of carbonyl (C=O) groups excluding carboxylic acids is 2. The summed E-state index contributed by atoms with van der Waals surface area (Å²) in [6, 6.07) is 3.68. The van der Waals surface area contributed by atoms with Gasteiger partial charge in [0.2, 0.25) is 5.91 Å². The second-order valence-corrected chi connectivity index (χ2v) is 6.60. The maximum Gasteiger partial charge on any atom is 0.269 e. The summed E-state index contributed by atoms with van der Waals surface area (Å²) in [6.07, 6.45) is 1.74. The zero-order chi connectivity index (χ0) is 18.4. The lowest BCUT2D eigenvalue weighted by Crippen LogP contribution is -2.48. The minimum Gasteiger partial charge on any atom is -0.379 e. The van der Waals surface area contributed by atoms with Crippen LogP contribution < -0.4 is 10.2 Å². The van der Waals surface area contributed by atoms with Gasteiger partial charge in [0, 0.05) is 59.3 Å². The molecule has 0 unspecified atom stereocenters. The topological polar surface area (TPSA) is 78.0 Å². The molecule has 2 amide bonds. The molecule has 2 saturated heterocycles. The fraction of sp³-hybridized carbons (Fsp3) is 0.611. The fourth-order valence-electron chi connectivity index (χ4n) is 3.23. The van der Waals surface area contributed by atoms with Crippen molar-refractivity contribution >= 4 is 17.5 Å². The number of piperazine rings is 1. The van der Waals surface area contributed by atoms with E-state index in [2.05, 4.69) is 20.1 Å². The van der Waals surface area contributed by atoms with Crippen molar-refractivity contribution in [2.75, 3.05) is 70.5 Å². The number of anilines is 1. The minimum atomic E-state index is -0.147. The number of hydrogen-bond donors (Lipinski definition) is 1. The largest absolute Gasteiger partial charge is 0.379 e. The molecule has 26 heavy (non-hydrogen) atoms. The maximum atomic E-state index is 12.2. The highest BCUT2D eigenvalue weighted by atomic mass is 16.5. The second kappa shape index (κ2) is 8.95. The van der Waals surface area contributed by atoms with Gasteiger partial charge in [-0.15, -0.1) is 0 Å². The van der Waals surface area contributed by atoms with Crippen LogP contribution in [0.15, 0.2) is 18.3 Å². The van der Waals surface area contributed by atoms with Crippen LogP contribution in [0.4, 0.5) is 5.69 Å². The lowest BCUT2D eigenvalue weighted by molar-refractivity contribution is -0.129. The first kappa shape index (κ1) is 18.6. The van der Waals surface area contributed by atoms with Crippen molar-refractivity contribution in [2.24, 2.45) is 0 Å². The molecule has 2 fully saturated rings. The number of aromatic nitrogens is 1. The second-order valence-electron chi connectivity index (χ2n) is 6.60. The molecule has 8 heteroatoms. The summed E-state index contributed by atoms with van der Waals surface area (Å²) in [5, 5.41) is 2.92. The van der Waals surface area contributed by atoms with Crippen molar-refractivity contribution in [1.29, 1.82) is 0 Å². The monoisotopic (exact) mass is 361 g/mol. The quantitative estimate of drug-likeness (QED) is 0.783. The third-order valence-electron chi connectivity index (χ3n) is 4.89. The SMILES string of the molecule is CC(=O)N1CCN(c2ccc(C(=O)NCCN3CCOCC3)nc2)CC1. The molecule has 2 aliphatic rings. The molecule has 2 aliphatic heterocycles. The van der Waals surface area contributed by atoms with E-state index in [1.807, 2.05) is 11.0 Å². The Bertz CT molecular complexity index is 608. The van der Waals surface area contributed by atoms with Crippen molar-refractivity contribution in [1.82, 2.24) is 20.1 Å². The van der Waals surface area contributed by atoms with Gasteiger partial charge < -0.3 is 19.9 Å². The van der Waals surface area contributed by atoms with Crippen LogP contribution >= 0.6 is 0 Å². The van der Waals surface area contributed by atoms with E-state index in [1.165, 1.54) is 0 Å². The van der Waals surface area contributed by atoms with Crippen LogP contribution in [0, 0.1) is 0 Å². The maximum absolute atomic E-state index is 12.2. The molecule has 1 N–H and O–H groups in total. The summed E-state index contributed by atoms with van der Waals surface area (Å²) in [6.45, 7) is 9.40. The van der Waals surface area contributed by atoms with Crippen LogP contribution in [0.5, 0.6) is 0 Å². The molecule has 1 aromatic rings. The number of pyridine rings is 1. The summed E-state index contributed by atoms with van der Waals surface area (Å²) in [5.41, 5.74) is 1.41. The predicted molar refractivity (Wildman–Crippen MR) is 98.3 cm³/mol. The predicted octanol–water partition coefficient (Wildman–Crippen LogP) is -0.188. The molecule has 0 radical (unpaired) electrons. The molecule has 0 spiro atoms. The average molecular weight is 361 g/mol. The summed E-state index contributed by atoms with van der Waals surface area (Å²) in [4.78, 5) is 34.2. The van der Waals surface area contributed by atoms with E-state index in [1.54, 1.807) is 19.2 Å². The van der Waals surface area contributed by atoms with Gasteiger partial charge in [-0.1, -0.05) is 0 Å². The summed E-state index contributed by atoms with van der Waals surface area (Å²) < 4.78 is 5.31. The molecule has 1 aromatic heterocycles. The lowest BCUT2D eigenvalue weighted by atomic mass is 10.2. The molecule has 0 aliphatic carbocycles.